The molecule has 0 aromatic carbocycles. The third kappa shape index (κ3) is 2.99. The van der Waals surface area contributed by atoms with Crippen molar-refractivity contribution >= 4 is 0 Å². The van der Waals surface area contributed by atoms with Crippen LogP contribution in [0.4, 0.5) is 0 Å². The second-order valence-corrected chi connectivity index (χ2v) is 4.71. The fourth-order valence-electron chi connectivity index (χ4n) is 2.61. The number of aryl methyl sites for hydroxylation is 1. The number of nitrogens with one attached hydrogen (secondary N) is 1. The summed E-state index contributed by atoms with van der Waals surface area (Å²) in [7, 11) is 2.14. The molecule has 2 rings (SSSR count). The van der Waals surface area contributed by atoms with Crippen LogP contribution in [0.2, 0.25) is 0 Å². The summed E-state index contributed by atoms with van der Waals surface area (Å²) in [6, 6.07) is 4.92. The number of aromatic nitrogens is 1. The first-order valence-electron chi connectivity index (χ1n) is 6.50. The van der Waals surface area contributed by atoms with Gasteiger partial charge in [-0.15, -0.1) is 6.58 Å². The van der Waals surface area contributed by atoms with E-state index in [1.54, 1.807) is 0 Å². The summed E-state index contributed by atoms with van der Waals surface area (Å²) in [5.41, 5.74) is 1.42. The topological polar surface area (TPSA) is 20.2 Å². The lowest BCUT2D eigenvalue weighted by molar-refractivity contribution is 0.161. The molecule has 0 unspecified atom stereocenters. The predicted octanol–water partition coefficient (Wildman–Crippen LogP) is 1.94. The van der Waals surface area contributed by atoms with Gasteiger partial charge in [-0.1, -0.05) is 6.08 Å². The van der Waals surface area contributed by atoms with Crippen LogP contribution < -0.4 is 5.32 Å². The lowest BCUT2D eigenvalue weighted by atomic mass is 10.0. The SMILES string of the molecule is C=CCC[C@H](c1cccn1C)N1CCNCC1. The minimum Gasteiger partial charge on any atom is -0.353 e. The summed E-state index contributed by atoms with van der Waals surface area (Å²) in [6.07, 6.45) is 6.41. The van der Waals surface area contributed by atoms with Crippen LogP contribution in [0.3, 0.4) is 0 Å². The van der Waals surface area contributed by atoms with E-state index in [1.807, 2.05) is 6.08 Å². The molecular formula is C14H23N3. The molecule has 0 spiro atoms. The Morgan fingerprint density at radius 1 is 1.47 bits per heavy atom. The molecule has 1 aromatic rings. The molecule has 1 aliphatic rings. The van der Waals surface area contributed by atoms with Crippen molar-refractivity contribution in [3.63, 3.8) is 0 Å². The Kier molecular flexibility index (Phi) is 4.40. The molecule has 0 radical (unpaired) electrons. The number of allylic oxidation sites excluding steroid dienone is 1. The number of hydrogen-bond acceptors (Lipinski definition) is 2. The van der Waals surface area contributed by atoms with Crippen LogP contribution >= 0.6 is 0 Å². The van der Waals surface area contributed by atoms with Crippen LogP contribution in [-0.2, 0) is 7.05 Å². The Hall–Kier alpha value is -1.06. The second-order valence-electron chi connectivity index (χ2n) is 4.71. The largest absolute Gasteiger partial charge is 0.353 e. The monoisotopic (exact) mass is 233 g/mol. The van der Waals surface area contributed by atoms with Gasteiger partial charge < -0.3 is 9.88 Å². The molecule has 1 N–H and O–H groups in total. The Balaban J connectivity index is 2.12. The second kappa shape index (κ2) is 6.03. The average molecular weight is 233 g/mol. The van der Waals surface area contributed by atoms with Gasteiger partial charge in [-0.2, -0.15) is 0 Å². The first-order valence-corrected chi connectivity index (χ1v) is 6.50. The Bertz CT molecular complexity index is 350. The van der Waals surface area contributed by atoms with E-state index in [9.17, 15) is 0 Å². The summed E-state index contributed by atoms with van der Waals surface area (Å²) in [4.78, 5) is 2.59. The van der Waals surface area contributed by atoms with Gasteiger partial charge in [0, 0.05) is 45.1 Å². The molecule has 1 aromatic heterocycles. The number of hydrogen-bond donors (Lipinski definition) is 1. The third-order valence-electron chi connectivity index (χ3n) is 3.56. The van der Waals surface area contributed by atoms with Crippen LogP contribution in [0.5, 0.6) is 0 Å². The average Bonchev–Trinajstić information content (AvgIpc) is 2.78. The van der Waals surface area contributed by atoms with E-state index in [0.717, 1.165) is 32.6 Å². The fourth-order valence-corrected chi connectivity index (χ4v) is 2.61. The Morgan fingerprint density at radius 3 is 2.82 bits per heavy atom. The van der Waals surface area contributed by atoms with Crippen LogP contribution in [0, 0.1) is 0 Å². The van der Waals surface area contributed by atoms with Crippen LogP contribution in [0.25, 0.3) is 0 Å². The lowest BCUT2D eigenvalue weighted by Gasteiger charge is -2.35. The molecule has 3 heteroatoms. The van der Waals surface area contributed by atoms with Gasteiger partial charge in [0.05, 0.1) is 6.04 Å². The van der Waals surface area contributed by atoms with Crippen molar-refractivity contribution in [2.45, 2.75) is 18.9 Å². The summed E-state index contributed by atoms with van der Waals surface area (Å²) in [5.74, 6) is 0. The smallest absolute Gasteiger partial charge is 0.0504 e. The zero-order chi connectivity index (χ0) is 12.1. The molecule has 1 aliphatic heterocycles. The molecule has 1 atom stereocenters. The maximum Gasteiger partial charge on any atom is 0.0504 e. The summed E-state index contributed by atoms with van der Waals surface area (Å²) < 4.78 is 2.25. The number of nitrogens with zero attached hydrogens (tertiary/aromatic N) is 2. The minimum atomic E-state index is 0.537. The molecule has 94 valence electrons. The van der Waals surface area contributed by atoms with Crippen molar-refractivity contribution in [2.24, 2.45) is 7.05 Å². The molecule has 1 fully saturated rings. The van der Waals surface area contributed by atoms with E-state index in [1.165, 1.54) is 12.1 Å². The first-order chi connectivity index (χ1) is 8.33. The van der Waals surface area contributed by atoms with Crippen molar-refractivity contribution < 1.29 is 0 Å². The van der Waals surface area contributed by atoms with Crippen molar-refractivity contribution in [3.8, 4) is 0 Å². The standard InChI is InChI=1S/C14H23N3/c1-3-4-6-14(13-7-5-10-16(13)2)17-11-8-15-9-12-17/h3,5,7,10,14-15H,1,4,6,8-9,11-12H2,2H3/t14-/m1/s1. The van der Waals surface area contributed by atoms with Crippen LogP contribution in [-0.4, -0.2) is 35.6 Å². The molecule has 3 nitrogen and oxygen atoms in total. The summed E-state index contributed by atoms with van der Waals surface area (Å²) >= 11 is 0. The van der Waals surface area contributed by atoms with E-state index in [4.69, 9.17) is 0 Å². The molecule has 1 saturated heterocycles. The fraction of sp³-hybridized carbons (Fsp3) is 0.571. The third-order valence-corrected chi connectivity index (χ3v) is 3.56. The van der Waals surface area contributed by atoms with Gasteiger partial charge >= 0.3 is 0 Å². The minimum absolute atomic E-state index is 0.537. The van der Waals surface area contributed by atoms with Crippen molar-refractivity contribution in [1.29, 1.82) is 0 Å². The van der Waals surface area contributed by atoms with E-state index in [0.29, 0.717) is 6.04 Å². The normalized spacial score (nSPS) is 19.1. The van der Waals surface area contributed by atoms with E-state index in [2.05, 4.69) is 46.7 Å². The zero-order valence-corrected chi connectivity index (χ0v) is 10.7. The van der Waals surface area contributed by atoms with E-state index < -0.39 is 0 Å². The van der Waals surface area contributed by atoms with Gasteiger partial charge in [-0.25, -0.2) is 0 Å². The molecule has 2 heterocycles. The van der Waals surface area contributed by atoms with Crippen LogP contribution in [0.15, 0.2) is 31.0 Å². The van der Waals surface area contributed by atoms with Crippen molar-refractivity contribution in [1.82, 2.24) is 14.8 Å². The number of rotatable bonds is 5. The van der Waals surface area contributed by atoms with Gasteiger partial charge in [0.2, 0.25) is 0 Å². The van der Waals surface area contributed by atoms with Gasteiger partial charge in [0.1, 0.15) is 0 Å². The van der Waals surface area contributed by atoms with Crippen molar-refractivity contribution in [2.75, 3.05) is 26.2 Å². The highest BCUT2D eigenvalue weighted by Gasteiger charge is 2.22. The predicted molar refractivity (Wildman–Crippen MR) is 72.0 cm³/mol. The van der Waals surface area contributed by atoms with Gasteiger partial charge in [-0.3, -0.25) is 4.90 Å². The quantitative estimate of drug-likeness (QED) is 0.784. The maximum absolute atomic E-state index is 3.84. The zero-order valence-electron chi connectivity index (χ0n) is 10.7. The molecule has 0 bridgehead atoms. The molecule has 0 aliphatic carbocycles. The van der Waals surface area contributed by atoms with E-state index >= 15 is 0 Å². The summed E-state index contributed by atoms with van der Waals surface area (Å²) in [5, 5.41) is 3.42. The molecule has 17 heavy (non-hydrogen) atoms. The number of piperazine rings is 1. The molecule has 0 saturated carbocycles. The highest BCUT2D eigenvalue weighted by atomic mass is 15.2. The maximum atomic E-state index is 3.84. The molecule has 0 amide bonds. The lowest BCUT2D eigenvalue weighted by Crippen LogP contribution is -2.45. The molecular weight excluding hydrogens is 210 g/mol. The van der Waals surface area contributed by atoms with Gasteiger partial charge in [0.25, 0.3) is 0 Å². The highest BCUT2D eigenvalue weighted by molar-refractivity contribution is 5.12. The first kappa shape index (κ1) is 12.4. The van der Waals surface area contributed by atoms with E-state index in [-0.39, 0.29) is 0 Å². The van der Waals surface area contributed by atoms with Crippen LogP contribution in [0.1, 0.15) is 24.6 Å². The highest BCUT2D eigenvalue weighted by Crippen LogP contribution is 2.26. The van der Waals surface area contributed by atoms with Gasteiger partial charge in [0.15, 0.2) is 0 Å². The Labute approximate surface area is 104 Å². The Morgan fingerprint density at radius 2 is 2.24 bits per heavy atom. The van der Waals surface area contributed by atoms with Gasteiger partial charge in [-0.05, 0) is 25.0 Å². The summed E-state index contributed by atoms with van der Waals surface area (Å²) in [6.45, 7) is 8.35. The van der Waals surface area contributed by atoms with Crippen molar-refractivity contribution in [3.05, 3.63) is 36.7 Å².